The Morgan fingerprint density at radius 2 is 1.97 bits per heavy atom. The maximum Gasteiger partial charge on any atom is 0.231 e. The summed E-state index contributed by atoms with van der Waals surface area (Å²) in [7, 11) is 1.66. The number of para-hydroxylation sites is 3. The zero-order chi connectivity index (χ0) is 22.6. The van der Waals surface area contributed by atoms with E-state index in [2.05, 4.69) is 21.3 Å². The highest BCUT2D eigenvalue weighted by atomic mass is 16.5. The van der Waals surface area contributed by atoms with Gasteiger partial charge in [0.25, 0.3) is 0 Å². The number of nitrogens with zero attached hydrogens (tertiary/aromatic N) is 2. The Morgan fingerprint density at radius 1 is 1.18 bits per heavy atom. The van der Waals surface area contributed by atoms with Crippen molar-refractivity contribution in [2.45, 2.75) is 6.42 Å². The molecule has 0 spiro atoms. The van der Waals surface area contributed by atoms with Crippen LogP contribution in [0.5, 0.6) is 0 Å². The lowest BCUT2D eigenvalue weighted by molar-refractivity contribution is -0.118. The van der Waals surface area contributed by atoms with E-state index in [4.69, 9.17) is 14.5 Å². The molecular formula is C26H28N4O3. The van der Waals surface area contributed by atoms with E-state index >= 15 is 0 Å². The molecule has 1 aliphatic carbocycles. The maximum absolute atomic E-state index is 13.2. The molecule has 1 fully saturated rings. The van der Waals surface area contributed by atoms with Crippen LogP contribution < -0.4 is 5.32 Å². The Bertz CT molecular complexity index is 1170. The third-order valence-corrected chi connectivity index (χ3v) is 6.17. The molecule has 1 atom stereocenters. The molecule has 1 aliphatic heterocycles. The Hall–Kier alpha value is -3.42. The Labute approximate surface area is 193 Å². The minimum Gasteiger partial charge on any atom is -0.497 e. The van der Waals surface area contributed by atoms with Crippen LogP contribution in [0.3, 0.4) is 0 Å². The third kappa shape index (κ3) is 4.69. The van der Waals surface area contributed by atoms with Gasteiger partial charge in [0.1, 0.15) is 11.6 Å². The van der Waals surface area contributed by atoms with Crippen LogP contribution in [0.2, 0.25) is 0 Å². The number of anilines is 1. The number of ether oxygens (including phenoxy) is 2. The molecule has 0 radical (unpaired) electrons. The SMILES string of the molecule is COC1=CC(C(=O)Nc2ccccc2-c2nc3ccccc3[nH]2)CC=C1CN1CCOCC1. The second kappa shape index (κ2) is 9.60. The van der Waals surface area contributed by atoms with Crippen molar-refractivity contribution >= 4 is 22.6 Å². The molecule has 33 heavy (non-hydrogen) atoms. The van der Waals surface area contributed by atoms with Crippen molar-refractivity contribution in [3.63, 3.8) is 0 Å². The van der Waals surface area contributed by atoms with E-state index in [-0.39, 0.29) is 11.8 Å². The number of benzene rings is 2. The molecule has 1 amide bonds. The van der Waals surface area contributed by atoms with Crippen LogP contribution >= 0.6 is 0 Å². The number of aromatic amines is 1. The van der Waals surface area contributed by atoms with Gasteiger partial charge in [0.2, 0.25) is 5.91 Å². The van der Waals surface area contributed by atoms with Crippen LogP contribution in [0.15, 0.2) is 72.0 Å². The van der Waals surface area contributed by atoms with Crippen molar-refractivity contribution in [3.8, 4) is 11.4 Å². The molecule has 2 aromatic carbocycles. The van der Waals surface area contributed by atoms with Crippen molar-refractivity contribution in [1.29, 1.82) is 0 Å². The van der Waals surface area contributed by atoms with Crippen LogP contribution in [-0.2, 0) is 14.3 Å². The number of nitrogens with one attached hydrogen (secondary N) is 2. The lowest BCUT2D eigenvalue weighted by Crippen LogP contribution is -2.38. The normalized spacial score (nSPS) is 19.1. The number of hydrogen-bond acceptors (Lipinski definition) is 5. The first-order valence-electron chi connectivity index (χ1n) is 11.3. The number of H-pyrrole nitrogens is 1. The number of allylic oxidation sites excluding steroid dienone is 1. The van der Waals surface area contributed by atoms with Gasteiger partial charge in [0.05, 0.1) is 43.0 Å². The molecule has 0 bridgehead atoms. The number of carbonyl (C=O) groups is 1. The van der Waals surface area contributed by atoms with E-state index < -0.39 is 0 Å². The molecule has 1 aromatic heterocycles. The molecule has 7 nitrogen and oxygen atoms in total. The van der Waals surface area contributed by atoms with Gasteiger partial charge in [-0.25, -0.2) is 4.98 Å². The van der Waals surface area contributed by atoms with Gasteiger partial charge < -0.3 is 19.8 Å². The summed E-state index contributed by atoms with van der Waals surface area (Å²) in [4.78, 5) is 23.6. The number of carbonyl (C=O) groups excluding carboxylic acids is 1. The number of methoxy groups -OCH3 is 1. The van der Waals surface area contributed by atoms with Gasteiger partial charge in [0, 0.05) is 30.8 Å². The fraction of sp³-hybridized carbons (Fsp3) is 0.308. The minimum absolute atomic E-state index is 0.0604. The number of amides is 1. The zero-order valence-corrected chi connectivity index (χ0v) is 18.7. The molecule has 3 aromatic rings. The van der Waals surface area contributed by atoms with Gasteiger partial charge in [-0.05, 0) is 36.8 Å². The van der Waals surface area contributed by atoms with Gasteiger partial charge in [0.15, 0.2) is 0 Å². The number of aromatic nitrogens is 2. The standard InChI is InChI=1S/C26H28N4O3/c1-32-24-16-18(10-11-19(24)17-30-12-14-33-15-13-30)26(31)29-21-7-3-2-6-20(21)25-27-22-8-4-5-9-23(22)28-25/h2-9,11,16,18H,10,12-15,17H2,1H3,(H,27,28)(H,29,31). The second-order valence-corrected chi connectivity index (χ2v) is 8.33. The highest BCUT2D eigenvalue weighted by molar-refractivity contribution is 5.98. The van der Waals surface area contributed by atoms with E-state index in [1.807, 2.05) is 54.6 Å². The molecule has 7 heteroatoms. The summed E-state index contributed by atoms with van der Waals surface area (Å²) in [6, 6.07) is 15.6. The van der Waals surface area contributed by atoms with Crippen molar-refractivity contribution in [2.24, 2.45) is 5.92 Å². The van der Waals surface area contributed by atoms with Crippen molar-refractivity contribution < 1.29 is 14.3 Å². The minimum atomic E-state index is -0.294. The fourth-order valence-corrected chi connectivity index (χ4v) is 4.36. The van der Waals surface area contributed by atoms with E-state index in [0.717, 1.165) is 72.3 Å². The molecule has 1 unspecified atom stereocenters. The van der Waals surface area contributed by atoms with Crippen LogP contribution in [0.4, 0.5) is 5.69 Å². The Kier molecular flexibility index (Phi) is 6.24. The lowest BCUT2D eigenvalue weighted by atomic mass is 9.93. The summed E-state index contributed by atoms with van der Waals surface area (Å²) in [5.41, 5.74) is 4.58. The van der Waals surface area contributed by atoms with E-state index in [9.17, 15) is 4.79 Å². The summed E-state index contributed by atoms with van der Waals surface area (Å²) in [6.45, 7) is 4.16. The molecule has 5 rings (SSSR count). The van der Waals surface area contributed by atoms with Gasteiger partial charge in [-0.15, -0.1) is 0 Å². The van der Waals surface area contributed by atoms with Crippen molar-refractivity contribution in [3.05, 3.63) is 72.0 Å². The van der Waals surface area contributed by atoms with Crippen LogP contribution in [0.25, 0.3) is 22.4 Å². The maximum atomic E-state index is 13.2. The molecular weight excluding hydrogens is 416 g/mol. The third-order valence-electron chi connectivity index (χ3n) is 6.17. The summed E-state index contributed by atoms with van der Waals surface area (Å²) in [5, 5.41) is 3.11. The van der Waals surface area contributed by atoms with E-state index in [0.29, 0.717) is 6.42 Å². The highest BCUT2D eigenvalue weighted by Gasteiger charge is 2.25. The largest absolute Gasteiger partial charge is 0.497 e. The zero-order valence-electron chi connectivity index (χ0n) is 18.7. The number of hydrogen-bond donors (Lipinski definition) is 2. The number of imidazole rings is 1. The van der Waals surface area contributed by atoms with Gasteiger partial charge in [-0.2, -0.15) is 0 Å². The first-order chi connectivity index (χ1) is 16.2. The summed E-state index contributed by atoms with van der Waals surface area (Å²) < 4.78 is 11.1. The summed E-state index contributed by atoms with van der Waals surface area (Å²) in [5.74, 6) is 1.15. The monoisotopic (exact) mass is 444 g/mol. The topological polar surface area (TPSA) is 79.5 Å². The van der Waals surface area contributed by atoms with Crippen LogP contribution in [-0.4, -0.2) is 60.7 Å². The van der Waals surface area contributed by atoms with E-state index in [1.165, 1.54) is 0 Å². The number of rotatable bonds is 6. The average molecular weight is 445 g/mol. The average Bonchev–Trinajstić information content (AvgIpc) is 3.29. The summed E-state index contributed by atoms with van der Waals surface area (Å²) >= 11 is 0. The van der Waals surface area contributed by atoms with Crippen LogP contribution in [0, 0.1) is 5.92 Å². The Balaban J connectivity index is 1.31. The van der Waals surface area contributed by atoms with Crippen LogP contribution in [0.1, 0.15) is 6.42 Å². The highest BCUT2D eigenvalue weighted by Crippen LogP contribution is 2.30. The Morgan fingerprint density at radius 3 is 2.79 bits per heavy atom. The van der Waals surface area contributed by atoms with Gasteiger partial charge in [-0.3, -0.25) is 9.69 Å². The number of fused-ring (bicyclic) bond motifs is 1. The molecule has 2 heterocycles. The van der Waals surface area contributed by atoms with E-state index in [1.54, 1.807) is 7.11 Å². The van der Waals surface area contributed by atoms with Gasteiger partial charge >= 0.3 is 0 Å². The second-order valence-electron chi connectivity index (χ2n) is 8.33. The predicted molar refractivity (Wildman–Crippen MR) is 129 cm³/mol. The lowest BCUT2D eigenvalue weighted by Gasteiger charge is -2.29. The first-order valence-corrected chi connectivity index (χ1v) is 11.3. The van der Waals surface area contributed by atoms with Crippen molar-refractivity contribution in [1.82, 2.24) is 14.9 Å². The molecule has 2 N–H and O–H groups in total. The van der Waals surface area contributed by atoms with Crippen molar-refractivity contribution in [2.75, 3.05) is 45.3 Å². The molecule has 1 saturated heterocycles. The molecule has 0 saturated carbocycles. The van der Waals surface area contributed by atoms with Gasteiger partial charge in [-0.1, -0.05) is 30.3 Å². The summed E-state index contributed by atoms with van der Waals surface area (Å²) in [6.07, 6.45) is 4.71. The quantitative estimate of drug-likeness (QED) is 0.601. The molecule has 2 aliphatic rings. The smallest absolute Gasteiger partial charge is 0.231 e. The molecule has 170 valence electrons. The fourth-order valence-electron chi connectivity index (χ4n) is 4.36. The number of morpholine rings is 1. The first kappa shape index (κ1) is 21.4. The predicted octanol–water partition coefficient (Wildman–Crippen LogP) is 3.98.